The van der Waals surface area contributed by atoms with Crippen LogP contribution < -0.4 is 10.6 Å². The Labute approximate surface area is 166 Å². The number of amides is 2. The van der Waals surface area contributed by atoms with Crippen LogP contribution in [0.5, 0.6) is 17.2 Å². The minimum absolute atomic E-state index is 0.0206. The van der Waals surface area contributed by atoms with Crippen molar-refractivity contribution in [1.82, 2.24) is 0 Å². The fourth-order valence-corrected chi connectivity index (χ4v) is 2.48. The molecule has 0 saturated carbocycles. The van der Waals surface area contributed by atoms with Gasteiger partial charge in [-0.1, -0.05) is 0 Å². The van der Waals surface area contributed by atoms with Crippen molar-refractivity contribution in [3.05, 3.63) is 83.9 Å². The fourth-order valence-electron chi connectivity index (χ4n) is 2.48. The van der Waals surface area contributed by atoms with Gasteiger partial charge in [-0.05, 0) is 72.8 Å². The van der Waals surface area contributed by atoms with Crippen LogP contribution >= 0.6 is 0 Å². The first-order valence-electron chi connectivity index (χ1n) is 8.62. The second-order valence-electron chi connectivity index (χ2n) is 6.14. The van der Waals surface area contributed by atoms with Crippen molar-refractivity contribution in [2.75, 3.05) is 10.6 Å². The molecule has 0 saturated heterocycles. The van der Waals surface area contributed by atoms with Crippen molar-refractivity contribution in [2.45, 2.75) is 0 Å². The van der Waals surface area contributed by atoms with Gasteiger partial charge < -0.3 is 26.0 Å². The summed E-state index contributed by atoms with van der Waals surface area (Å²) in [5.74, 6) is -0.743. The molecule has 146 valence electrons. The maximum Gasteiger partial charge on any atom is 0.255 e. The van der Waals surface area contributed by atoms with Gasteiger partial charge in [0.25, 0.3) is 5.91 Å². The third-order valence-corrected chi connectivity index (χ3v) is 3.97. The number of rotatable bonds is 5. The highest BCUT2D eigenvalue weighted by Gasteiger charge is 2.06. The number of carbonyl (C=O) groups is 2. The van der Waals surface area contributed by atoms with Gasteiger partial charge in [-0.2, -0.15) is 0 Å². The summed E-state index contributed by atoms with van der Waals surface area (Å²) in [4.78, 5) is 24.2. The molecule has 0 radical (unpaired) electrons. The summed E-state index contributed by atoms with van der Waals surface area (Å²) in [5.41, 5.74) is 1.77. The Kier molecular flexibility index (Phi) is 5.80. The standard InChI is InChI=1S/C22H18N2O5/c25-18-8-1-14(2-9-18)22(29)24-17-6-4-16(5-7-17)23-21(28)12-3-15-13-19(26)10-11-20(15)27/h1-13,25-27H,(H,23,28)(H,24,29). The molecule has 2 amide bonds. The van der Waals surface area contributed by atoms with Gasteiger partial charge in [-0.15, -0.1) is 0 Å². The second-order valence-corrected chi connectivity index (χ2v) is 6.14. The monoisotopic (exact) mass is 390 g/mol. The lowest BCUT2D eigenvalue weighted by Crippen LogP contribution is -2.12. The van der Waals surface area contributed by atoms with E-state index in [4.69, 9.17) is 0 Å². The van der Waals surface area contributed by atoms with E-state index in [9.17, 15) is 24.9 Å². The highest BCUT2D eigenvalue weighted by Crippen LogP contribution is 2.23. The molecule has 0 bridgehead atoms. The highest BCUT2D eigenvalue weighted by molar-refractivity contribution is 6.05. The molecule has 3 rings (SSSR count). The average Bonchev–Trinajstić information content (AvgIpc) is 2.70. The molecule has 0 heterocycles. The Balaban J connectivity index is 1.59. The first-order chi connectivity index (χ1) is 13.9. The van der Waals surface area contributed by atoms with Gasteiger partial charge in [-0.3, -0.25) is 9.59 Å². The molecular weight excluding hydrogens is 372 g/mol. The van der Waals surface area contributed by atoms with Crippen molar-refractivity contribution in [2.24, 2.45) is 0 Å². The maximum absolute atomic E-state index is 12.1. The molecule has 29 heavy (non-hydrogen) atoms. The van der Waals surface area contributed by atoms with E-state index in [1.807, 2.05) is 0 Å². The summed E-state index contributed by atoms with van der Waals surface area (Å²) in [7, 11) is 0. The molecule has 0 aromatic heterocycles. The van der Waals surface area contributed by atoms with Gasteiger partial charge in [0.2, 0.25) is 5.91 Å². The maximum atomic E-state index is 12.1. The number of hydrogen-bond acceptors (Lipinski definition) is 5. The molecule has 5 N–H and O–H groups in total. The van der Waals surface area contributed by atoms with Gasteiger partial charge in [0, 0.05) is 28.6 Å². The lowest BCUT2D eigenvalue weighted by molar-refractivity contribution is -0.111. The van der Waals surface area contributed by atoms with Crippen LogP contribution in [0, 0.1) is 0 Å². The topological polar surface area (TPSA) is 119 Å². The summed E-state index contributed by atoms with van der Waals surface area (Å²) >= 11 is 0. The first kappa shape index (κ1) is 19.5. The zero-order valence-electron chi connectivity index (χ0n) is 15.2. The van der Waals surface area contributed by atoms with Gasteiger partial charge in [-0.25, -0.2) is 0 Å². The molecule has 0 spiro atoms. The van der Waals surface area contributed by atoms with Crippen molar-refractivity contribution < 1.29 is 24.9 Å². The van der Waals surface area contributed by atoms with E-state index in [2.05, 4.69) is 10.6 Å². The van der Waals surface area contributed by atoms with Crippen molar-refractivity contribution in [1.29, 1.82) is 0 Å². The first-order valence-corrected chi connectivity index (χ1v) is 8.62. The van der Waals surface area contributed by atoms with Crippen molar-refractivity contribution >= 4 is 29.3 Å². The summed E-state index contributed by atoms with van der Waals surface area (Å²) in [6, 6.07) is 16.4. The minimum Gasteiger partial charge on any atom is -0.508 e. The summed E-state index contributed by atoms with van der Waals surface area (Å²) in [6.45, 7) is 0. The largest absolute Gasteiger partial charge is 0.508 e. The number of anilines is 2. The summed E-state index contributed by atoms with van der Waals surface area (Å²) in [5, 5.41) is 33.8. The molecule has 3 aromatic carbocycles. The zero-order valence-corrected chi connectivity index (χ0v) is 15.2. The van der Waals surface area contributed by atoms with Crippen LogP contribution in [0.25, 0.3) is 6.08 Å². The Hall–Kier alpha value is -4.26. The van der Waals surface area contributed by atoms with E-state index < -0.39 is 5.91 Å². The molecule has 7 heteroatoms. The fraction of sp³-hybridized carbons (Fsp3) is 0. The predicted octanol–water partition coefficient (Wildman–Crippen LogP) is 3.71. The molecular formula is C22H18N2O5. The predicted molar refractivity (Wildman–Crippen MR) is 110 cm³/mol. The summed E-state index contributed by atoms with van der Waals surface area (Å²) < 4.78 is 0. The average molecular weight is 390 g/mol. The SMILES string of the molecule is O=C(C=Cc1cc(O)ccc1O)Nc1ccc(NC(=O)c2ccc(O)cc2)cc1. The highest BCUT2D eigenvalue weighted by atomic mass is 16.3. The molecule has 0 aliphatic carbocycles. The molecule has 0 aliphatic rings. The van der Waals surface area contributed by atoms with Crippen LogP contribution in [0.1, 0.15) is 15.9 Å². The van der Waals surface area contributed by atoms with Crippen LogP contribution in [-0.4, -0.2) is 27.1 Å². The third kappa shape index (κ3) is 5.36. The number of hydrogen-bond donors (Lipinski definition) is 5. The number of benzene rings is 3. The Bertz CT molecular complexity index is 1060. The molecule has 7 nitrogen and oxygen atoms in total. The quantitative estimate of drug-likeness (QED) is 0.336. The smallest absolute Gasteiger partial charge is 0.255 e. The number of nitrogens with one attached hydrogen (secondary N) is 2. The van der Waals surface area contributed by atoms with Crippen LogP contribution in [0.2, 0.25) is 0 Å². The lowest BCUT2D eigenvalue weighted by Gasteiger charge is -2.07. The minimum atomic E-state index is -0.423. The number of aromatic hydroxyl groups is 3. The van der Waals surface area contributed by atoms with Gasteiger partial charge in [0.05, 0.1) is 0 Å². The number of carbonyl (C=O) groups excluding carboxylic acids is 2. The van der Waals surface area contributed by atoms with Crippen molar-refractivity contribution in [3.63, 3.8) is 0 Å². The van der Waals surface area contributed by atoms with E-state index in [1.54, 1.807) is 24.3 Å². The Morgan fingerprint density at radius 3 is 1.97 bits per heavy atom. The summed E-state index contributed by atoms with van der Waals surface area (Å²) in [6.07, 6.45) is 2.62. The van der Waals surface area contributed by atoms with Gasteiger partial charge in [0.1, 0.15) is 17.2 Å². The van der Waals surface area contributed by atoms with E-state index in [1.165, 1.54) is 54.6 Å². The second kappa shape index (κ2) is 8.62. The van der Waals surface area contributed by atoms with Crippen LogP contribution in [0.15, 0.2) is 72.8 Å². The molecule has 0 atom stereocenters. The number of phenolic OH excluding ortho intramolecular Hbond substituents is 3. The molecule has 0 aliphatic heterocycles. The Morgan fingerprint density at radius 2 is 1.31 bits per heavy atom. The van der Waals surface area contributed by atoms with Gasteiger partial charge >= 0.3 is 0 Å². The Morgan fingerprint density at radius 1 is 0.724 bits per heavy atom. The van der Waals surface area contributed by atoms with Gasteiger partial charge in [0.15, 0.2) is 0 Å². The van der Waals surface area contributed by atoms with E-state index in [0.717, 1.165) is 0 Å². The van der Waals surface area contributed by atoms with Crippen molar-refractivity contribution in [3.8, 4) is 17.2 Å². The van der Waals surface area contributed by atoms with E-state index in [0.29, 0.717) is 22.5 Å². The van der Waals surface area contributed by atoms with E-state index in [-0.39, 0.29) is 23.2 Å². The molecule has 3 aromatic rings. The van der Waals surface area contributed by atoms with Crippen LogP contribution in [0.3, 0.4) is 0 Å². The normalized spacial score (nSPS) is 10.6. The third-order valence-electron chi connectivity index (χ3n) is 3.97. The van der Waals surface area contributed by atoms with Crippen LogP contribution in [0.4, 0.5) is 11.4 Å². The molecule has 0 fully saturated rings. The molecule has 0 unspecified atom stereocenters. The van der Waals surface area contributed by atoms with E-state index >= 15 is 0 Å². The number of phenols is 3. The van der Waals surface area contributed by atoms with Crippen LogP contribution in [-0.2, 0) is 4.79 Å². The lowest BCUT2D eigenvalue weighted by atomic mass is 10.1. The zero-order chi connectivity index (χ0) is 20.8.